The number of nitrogen functional groups attached to an aromatic ring is 1. The second-order valence-electron chi connectivity index (χ2n) is 5.55. The molecule has 1 rings (SSSR count). The molecule has 4 nitrogen and oxygen atoms in total. The van der Waals surface area contributed by atoms with Gasteiger partial charge in [-0.2, -0.15) is 5.26 Å². The number of nitrogens with two attached hydrogens (primary N) is 1. The second kappa shape index (κ2) is 8.78. The highest BCUT2D eigenvalue weighted by Crippen LogP contribution is 2.43. The third-order valence-corrected chi connectivity index (χ3v) is 4.26. The fraction of sp³-hybridized carbons (Fsp3) is 0.688. The first-order chi connectivity index (χ1) is 10.0. The van der Waals surface area contributed by atoms with E-state index >= 15 is 0 Å². The Kier molecular flexibility index (Phi) is 7.38. The number of ether oxygens (including phenoxy) is 1. The predicted octanol–water partition coefficient (Wildman–Crippen LogP) is 4.76. The lowest BCUT2D eigenvalue weighted by molar-refractivity contribution is 0.245. The summed E-state index contributed by atoms with van der Waals surface area (Å²) in [6.07, 6.45) is 5.80. The van der Waals surface area contributed by atoms with E-state index in [4.69, 9.17) is 15.7 Å². The van der Waals surface area contributed by atoms with Crippen LogP contribution < -0.4 is 15.8 Å². The Balaban J connectivity index is 2.95. The number of nitrogens with one attached hydrogen (secondary N) is 1. The first-order valence-electron chi connectivity index (χ1n) is 7.78. The molecule has 1 atom stereocenters. The molecule has 0 fully saturated rings. The summed E-state index contributed by atoms with van der Waals surface area (Å²) in [4.78, 5) is 0.527. The first kappa shape index (κ1) is 17.6. The Hall–Kier alpha value is -1.41. The molecule has 1 unspecified atom stereocenters. The molecule has 0 spiro atoms. The number of unbranched alkanes of at least 4 members (excludes halogenated alkanes) is 1. The number of nitrogens with zero attached hydrogens (tertiary/aromatic N) is 1. The van der Waals surface area contributed by atoms with Gasteiger partial charge < -0.3 is 15.8 Å². The summed E-state index contributed by atoms with van der Waals surface area (Å²) in [7, 11) is 0. The molecule has 0 aliphatic carbocycles. The zero-order valence-electron chi connectivity index (χ0n) is 13.5. The van der Waals surface area contributed by atoms with E-state index in [-0.39, 0.29) is 6.10 Å². The van der Waals surface area contributed by atoms with Crippen molar-refractivity contribution >= 4 is 22.0 Å². The smallest absolute Gasteiger partial charge is 0.178 e. The van der Waals surface area contributed by atoms with Gasteiger partial charge in [0.25, 0.3) is 0 Å². The lowest BCUT2D eigenvalue weighted by atomic mass is 10.1. The summed E-state index contributed by atoms with van der Waals surface area (Å²) in [5.41, 5.74) is 6.50. The molecule has 0 saturated heterocycles. The maximum atomic E-state index is 9.17. The van der Waals surface area contributed by atoms with Crippen molar-refractivity contribution in [2.45, 2.75) is 71.9 Å². The van der Waals surface area contributed by atoms with Gasteiger partial charge in [-0.15, -0.1) is 11.3 Å². The molecule has 1 aromatic rings. The van der Waals surface area contributed by atoms with E-state index in [9.17, 15) is 0 Å². The van der Waals surface area contributed by atoms with E-state index in [0.29, 0.717) is 22.4 Å². The molecule has 21 heavy (non-hydrogen) atoms. The van der Waals surface area contributed by atoms with Crippen LogP contribution in [0.4, 0.5) is 10.7 Å². The summed E-state index contributed by atoms with van der Waals surface area (Å²) in [5, 5.41) is 13.6. The minimum atomic E-state index is 0.0364. The largest absolute Gasteiger partial charge is 0.486 e. The molecule has 0 saturated carbocycles. The quantitative estimate of drug-likeness (QED) is 0.690. The van der Waals surface area contributed by atoms with Gasteiger partial charge in [-0.05, 0) is 26.7 Å². The Morgan fingerprint density at radius 2 is 2.00 bits per heavy atom. The Labute approximate surface area is 132 Å². The molecule has 3 N–H and O–H groups in total. The SMILES string of the molecule is CCCCC(CCC)Nc1sc(C#N)c(N)c1OC(C)C. The maximum Gasteiger partial charge on any atom is 0.178 e. The van der Waals surface area contributed by atoms with Crippen molar-refractivity contribution in [3.05, 3.63) is 4.88 Å². The van der Waals surface area contributed by atoms with Crippen molar-refractivity contribution in [3.8, 4) is 11.8 Å². The number of thiophene rings is 1. The van der Waals surface area contributed by atoms with Gasteiger partial charge in [-0.1, -0.05) is 33.1 Å². The van der Waals surface area contributed by atoms with E-state index in [1.807, 2.05) is 13.8 Å². The minimum Gasteiger partial charge on any atom is -0.486 e. The van der Waals surface area contributed by atoms with Gasteiger partial charge in [-0.25, -0.2) is 0 Å². The van der Waals surface area contributed by atoms with Crippen LogP contribution in [0.25, 0.3) is 0 Å². The van der Waals surface area contributed by atoms with Crippen molar-refractivity contribution in [1.29, 1.82) is 5.26 Å². The van der Waals surface area contributed by atoms with Crippen LogP contribution in [0, 0.1) is 11.3 Å². The highest BCUT2D eigenvalue weighted by Gasteiger charge is 2.20. The van der Waals surface area contributed by atoms with Crippen molar-refractivity contribution in [2.75, 3.05) is 11.1 Å². The Morgan fingerprint density at radius 1 is 1.29 bits per heavy atom. The van der Waals surface area contributed by atoms with Gasteiger partial charge in [-0.3, -0.25) is 0 Å². The van der Waals surface area contributed by atoms with Crippen LogP contribution in [0.5, 0.6) is 5.75 Å². The van der Waals surface area contributed by atoms with Crippen molar-refractivity contribution < 1.29 is 4.74 Å². The number of nitriles is 1. The molecule has 1 heterocycles. The van der Waals surface area contributed by atoms with Crippen molar-refractivity contribution in [1.82, 2.24) is 0 Å². The van der Waals surface area contributed by atoms with Crippen LogP contribution in [0.2, 0.25) is 0 Å². The maximum absolute atomic E-state index is 9.17. The Morgan fingerprint density at radius 3 is 2.52 bits per heavy atom. The van der Waals surface area contributed by atoms with E-state index in [1.54, 1.807) is 0 Å². The highest BCUT2D eigenvalue weighted by atomic mass is 32.1. The number of rotatable bonds is 9. The predicted molar refractivity (Wildman–Crippen MR) is 91.1 cm³/mol. The van der Waals surface area contributed by atoms with Gasteiger partial charge in [0.2, 0.25) is 0 Å². The standard InChI is InChI=1S/C16H27N3OS/c1-5-7-9-12(8-6-2)19-16-15(20-11(3)4)14(18)13(10-17)21-16/h11-12,19H,5-9,18H2,1-4H3. The molecule has 1 aromatic heterocycles. The molecule has 0 aliphatic rings. The zero-order chi connectivity index (χ0) is 15.8. The Bertz CT molecular complexity index is 477. The van der Waals surface area contributed by atoms with E-state index < -0.39 is 0 Å². The van der Waals surface area contributed by atoms with E-state index in [0.717, 1.165) is 24.3 Å². The summed E-state index contributed by atoms with van der Waals surface area (Å²) >= 11 is 1.39. The van der Waals surface area contributed by atoms with Crippen molar-refractivity contribution in [3.63, 3.8) is 0 Å². The van der Waals surface area contributed by atoms with Crippen LogP contribution in [0.15, 0.2) is 0 Å². The lowest BCUT2D eigenvalue weighted by Gasteiger charge is -2.20. The summed E-state index contributed by atoms with van der Waals surface area (Å²) in [5.74, 6) is 0.643. The van der Waals surface area contributed by atoms with Gasteiger partial charge in [0.15, 0.2) is 5.75 Å². The van der Waals surface area contributed by atoms with Gasteiger partial charge >= 0.3 is 0 Å². The molecule has 118 valence electrons. The van der Waals surface area contributed by atoms with Gasteiger partial charge in [0.1, 0.15) is 21.6 Å². The van der Waals surface area contributed by atoms with Crippen LogP contribution in [-0.4, -0.2) is 12.1 Å². The zero-order valence-corrected chi connectivity index (χ0v) is 14.3. The molecular formula is C16H27N3OS. The van der Waals surface area contributed by atoms with Gasteiger partial charge in [0.05, 0.1) is 6.10 Å². The van der Waals surface area contributed by atoms with E-state index in [1.165, 1.54) is 24.2 Å². The number of anilines is 2. The molecule has 0 aliphatic heterocycles. The minimum absolute atomic E-state index is 0.0364. The molecular weight excluding hydrogens is 282 g/mol. The number of hydrogen-bond donors (Lipinski definition) is 2. The fourth-order valence-corrected chi connectivity index (χ4v) is 3.16. The molecule has 5 heteroatoms. The summed E-state index contributed by atoms with van der Waals surface area (Å²) in [6.45, 7) is 8.32. The topological polar surface area (TPSA) is 71.1 Å². The summed E-state index contributed by atoms with van der Waals surface area (Å²) < 4.78 is 5.81. The third kappa shape index (κ3) is 5.13. The molecule has 0 amide bonds. The lowest BCUT2D eigenvalue weighted by Crippen LogP contribution is -2.19. The van der Waals surface area contributed by atoms with Crippen LogP contribution in [-0.2, 0) is 0 Å². The average molecular weight is 309 g/mol. The van der Waals surface area contributed by atoms with Crippen LogP contribution >= 0.6 is 11.3 Å². The highest BCUT2D eigenvalue weighted by molar-refractivity contribution is 7.17. The molecule has 0 bridgehead atoms. The third-order valence-electron chi connectivity index (χ3n) is 3.23. The normalized spacial score (nSPS) is 12.2. The fourth-order valence-electron chi connectivity index (χ4n) is 2.23. The van der Waals surface area contributed by atoms with Gasteiger partial charge in [0, 0.05) is 6.04 Å². The summed E-state index contributed by atoms with van der Waals surface area (Å²) in [6, 6.07) is 2.56. The number of hydrogen-bond acceptors (Lipinski definition) is 5. The van der Waals surface area contributed by atoms with E-state index in [2.05, 4.69) is 25.2 Å². The average Bonchev–Trinajstić information content (AvgIpc) is 2.73. The van der Waals surface area contributed by atoms with Crippen LogP contribution in [0.1, 0.15) is 64.7 Å². The second-order valence-corrected chi connectivity index (χ2v) is 6.57. The van der Waals surface area contributed by atoms with Crippen molar-refractivity contribution in [2.24, 2.45) is 0 Å². The molecule has 0 aromatic carbocycles. The first-order valence-corrected chi connectivity index (χ1v) is 8.60. The molecule has 0 radical (unpaired) electrons. The monoisotopic (exact) mass is 309 g/mol. The van der Waals surface area contributed by atoms with Crippen LogP contribution in [0.3, 0.4) is 0 Å².